The molecule has 0 amide bonds. The largest absolute Gasteiger partial charge is 0.330 e. The van der Waals surface area contributed by atoms with Gasteiger partial charge in [0, 0.05) is 6.04 Å². The van der Waals surface area contributed by atoms with Gasteiger partial charge in [0.25, 0.3) is 0 Å². The van der Waals surface area contributed by atoms with E-state index in [4.69, 9.17) is 10.6 Å². The van der Waals surface area contributed by atoms with Crippen molar-refractivity contribution in [3.8, 4) is 0 Å². The Kier molecular flexibility index (Phi) is 5.93. The molecule has 0 rings (SSSR count). The fraction of sp³-hybridized carbons (Fsp3) is 1.00. The van der Waals surface area contributed by atoms with Crippen molar-refractivity contribution in [3.63, 3.8) is 0 Å². The molecule has 1 atom stereocenters. The lowest BCUT2D eigenvalue weighted by atomic mass is 10.2. The standard InChI is InChI=1S/C6H16N2O/c1-6(8-9-2)4-3-5-7/h6,8H,3-5,7H2,1-2H3. The highest BCUT2D eigenvalue weighted by molar-refractivity contribution is 4.53. The van der Waals surface area contributed by atoms with E-state index in [0.717, 1.165) is 19.4 Å². The highest BCUT2D eigenvalue weighted by Gasteiger charge is 1.96. The summed E-state index contributed by atoms with van der Waals surface area (Å²) in [7, 11) is 1.62. The summed E-state index contributed by atoms with van der Waals surface area (Å²) >= 11 is 0. The van der Waals surface area contributed by atoms with E-state index in [1.165, 1.54) is 0 Å². The minimum Gasteiger partial charge on any atom is -0.330 e. The lowest BCUT2D eigenvalue weighted by Gasteiger charge is -2.09. The number of hydrogen-bond donors (Lipinski definition) is 2. The fourth-order valence-electron chi connectivity index (χ4n) is 0.684. The van der Waals surface area contributed by atoms with E-state index in [9.17, 15) is 0 Å². The van der Waals surface area contributed by atoms with Crippen molar-refractivity contribution in [3.05, 3.63) is 0 Å². The van der Waals surface area contributed by atoms with Gasteiger partial charge in [-0.3, -0.25) is 0 Å². The molecule has 9 heavy (non-hydrogen) atoms. The van der Waals surface area contributed by atoms with Crippen LogP contribution in [0.4, 0.5) is 0 Å². The second-order valence-corrected chi connectivity index (χ2v) is 2.15. The van der Waals surface area contributed by atoms with Gasteiger partial charge < -0.3 is 10.6 Å². The molecule has 0 aromatic heterocycles. The molecule has 0 aliphatic carbocycles. The maximum Gasteiger partial charge on any atom is 0.0572 e. The second kappa shape index (κ2) is 6.01. The minimum absolute atomic E-state index is 0.415. The third-order valence-corrected chi connectivity index (χ3v) is 1.16. The zero-order valence-electron chi connectivity index (χ0n) is 6.18. The first-order chi connectivity index (χ1) is 4.31. The van der Waals surface area contributed by atoms with Crippen molar-refractivity contribution in [1.29, 1.82) is 0 Å². The van der Waals surface area contributed by atoms with Crippen LogP contribution in [0, 0.1) is 0 Å². The molecule has 3 heteroatoms. The molecule has 0 aliphatic heterocycles. The van der Waals surface area contributed by atoms with Crippen molar-refractivity contribution in [1.82, 2.24) is 5.48 Å². The normalized spacial score (nSPS) is 13.7. The van der Waals surface area contributed by atoms with Crippen LogP contribution in [-0.4, -0.2) is 19.7 Å². The van der Waals surface area contributed by atoms with Crippen LogP contribution in [0.2, 0.25) is 0 Å². The van der Waals surface area contributed by atoms with E-state index in [-0.39, 0.29) is 0 Å². The van der Waals surface area contributed by atoms with Crippen molar-refractivity contribution in [2.75, 3.05) is 13.7 Å². The third-order valence-electron chi connectivity index (χ3n) is 1.16. The molecule has 0 saturated heterocycles. The predicted molar refractivity (Wildman–Crippen MR) is 37.9 cm³/mol. The summed E-state index contributed by atoms with van der Waals surface area (Å²) in [6.07, 6.45) is 2.13. The molecule has 0 fully saturated rings. The zero-order valence-corrected chi connectivity index (χ0v) is 6.18. The molecule has 0 aromatic carbocycles. The van der Waals surface area contributed by atoms with E-state index in [1.807, 2.05) is 0 Å². The molecule has 1 unspecified atom stereocenters. The average Bonchev–Trinajstić information content (AvgIpc) is 1.85. The third kappa shape index (κ3) is 5.76. The lowest BCUT2D eigenvalue weighted by Crippen LogP contribution is -2.25. The van der Waals surface area contributed by atoms with Crippen molar-refractivity contribution in [2.24, 2.45) is 5.73 Å². The van der Waals surface area contributed by atoms with Gasteiger partial charge in [-0.1, -0.05) is 0 Å². The van der Waals surface area contributed by atoms with Gasteiger partial charge in [0.05, 0.1) is 7.11 Å². The Labute approximate surface area is 56.5 Å². The highest BCUT2D eigenvalue weighted by Crippen LogP contribution is 1.92. The molecular formula is C6H16N2O. The summed E-state index contributed by atoms with van der Waals surface area (Å²) in [5.41, 5.74) is 8.13. The summed E-state index contributed by atoms with van der Waals surface area (Å²) in [6, 6.07) is 0.415. The number of rotatable bonds is 5. The summed E-state index contributed by atoms with van der Waals surface area (Å²) in [4.78, 5) is 4.71. The van der Waals surface area contributed by atoms with Gasteiger partial charge in [0.2, 0.25) is 0 Å². The second-order valence-electron chi connectivity index (χ2n) is 2.15. The van der Waals surface area contributed by atoms with Gasteiger partial charge in [-0.25, -0.2) is 5.48 Å². The van der Waals surface area contributed by atoms with Crippen molar-refractivity contribution in [2.45, 2.75) is 25.8 Å². The Morgan fingerprint density at radius 3 is 2.78 bits per heavy atom. The van der Waals surface area contributed by atoms with Gasteiger partial charge in [-0.05, 0) is 26.3 Å². The number of hydroxylamine groups is 1. The zero-order chi connectivity index (χ0) is 7.11. The monoisotopic (exact) mass is 132 g/mol. The molecular weight excluding hydrogens is 116 g/mol. The summed E-state index contributed by atoms with van der Waals surface area (Å²) < 4.78 is 0. The smallest absolute Gasteiger partial charge is 0.0572 e. The molecule has 56 valence electrons. The molecule has 0 spiro atoms. The quantitative estimate of drug-likeness (QED) is 0.528. The molecule has 0 aromatic rings. The molecule has 0 heterocycles. The van der Waals surface area contributed by atoms with Crippen LogP contribution in [0.1, 0.15) is 19.8 Å². The van der Waals surface area contributed by atoms with E-state index < -0.39 is 0 Å². The van der Waals surface area contributed by atoms with Crippen LogP contribution >= 0.6 is 0 Å². The Balaban J connectivity index is 2.95. The van der Waals surface area contributed by atoms with Gasteiger partial charge in [-0.2, -0.15) is 0 Å². The minimum atomic E-state index is 0.415. The Hall–Kier alpha value is -0.120. The van der Waals surface area contributed by atoms with Crippen LogP contribution in [0.3, 0.4) is 0 Å². The van der Waals surface area contributed by atoms with Gasteiger partial charge >= 0.3 is 0 Å². The van der Waals surface area contributed by atoms with E-state index in [2.05, 4.69) is 12.4 Å². The number of hydrogen-bond acceptors (Lipinski definition) is 3. The number of nitrogens with two attached hydrogens (primary N) is 1. The summed E-state index contributed by atoms with van der Waals surface area (Å²) in [5.74, 6) is 0. The Morgan fingerprint density at radius 2 is 2.33 bits per heavy atom. The van der Waals surface area contributed by atoms with Crippen LogP contribution in [0.5, 0.6) is 0 Å². The van der Waals surface area contributed by atoms with Gasteiger partial charge in [0.1, 0.15) is 0 Å². The first kappa shape index (κ1) is 8.88. The molecule has 0 radical (unpaired) electrons. The van der Waals surface area contributed by atoms with Crippen LogP contribution in [0.15, 0.2) is 0 Å². The van der Waals surface area contributed by atoms with Crippen molar-refractivity contribution < 1.29 is 4.84 Å². The maximum absolute atomic E-state index is 5.30. The fourth-order valence-corrected chi connectivity index (χ4v) is 0.684. The molecule has 3 N–H and O–H groups in total. The van der Waals surface area contributed by atoms with E-state index >= 15 is 0 Å². The van der Waals surface area contributed by atoms with Crippen LogP contribution in [-0.2, 0) is 4.84 Å². The molecule has 0 aliphatic rings. The topological polar surface area (TPSA) is 47.3 Å². The summed E-state index contributed by atoms with van der Waals surface area (Å²) in [6.45, 7) is 2.83. The summed E-state index contributed by atoms with van der Waals surface area (Å²) in [5, 5.41) is 0. The maximum atomic E-state index is 5.30. The van der Waals surface area contributed by atoms with Crippen molar-refractivity contribution >= 4 is 0 Å². The first-order valence-corrected chi connectivity index (χ1v) is 3.29. The van der Waals surface area contributed by atoms with E-state index in [1.54, 1.807) is 7.11 Å². The van der Waals surface area contributed by atoms with E-state index in [0.29, 0.717) is 6.04 Å². The average molecular weight is 132 g/mol. The Morgan fingerprint density at radius 1 is 1.67 bits per heavy atom. The van der Waals surface area contributed by atoms with Crippen LogP contribution < -0.4 is 11.2 Å². The number of nitrogens with one attached hydrogen (secondary N) is 1. The molecule has 0 saturated carbocycles. The SMILES string of the molecule is CONC(C)CCCN. The van der Waals surface area contributed by atoms with Gasteiger partial charge in [0.15, 0.2) is 0 Å². The van der Waals surface area contributed by atoms with Gasteiger partial charge in [-0.15, -0.1) is 0 Å². The Bertz CT molecular complexity index is 59.0. The highest BCUT2D eigenvalue weighted by atomic mass is 16.6. The predicted octanol–water partition coefficient (Wildman–Crippen LogP) is 0.265. The lowest BCUT2D eigenvalue weighted by molar-refractivity contribution is 0.0632. The molecule has 0 bridgehead atoms. The first-order valence-electron chi connectivity index (χ1n) is 3.29. The molecule has 3 nitrogen and oxygen atoms in total. The van der Waals surface area contributed by atoms with Crippen LogP contribution in [0.25, 0.3) is 0 Å².